The lowest BCUT2D eigenvalue weighted by molar-refractivity contribution is 0.0777. The molecule has 0 bridgehead atoms. The highest BCUT2D eigenvalue weighted by Crippen LogP contribution is 2.29. The SMILES string of the molecule is CC1(CN)CCN(C(=O)c2ccc(N3CCNC3=O)cc2)C1. The van der Waals surface area contributed by atoms with Gasteiger partial charge in [-0.1, -0.05) is 6.92 Å². The summed E-state index contributed by atoms with van der Waals surface area (Å²) in [6.07, 6.45) is 0.946. The second-order valence-electron chi connectivity index (χ2n) is 6.42. The molecule has 0 saturated carbocycles. The summed E-state index contributed by atoms with van der Waals surface area (Å²) in [5.74, 6) is 0.0367. The van der Waals surface area contributed by atoms with Crippen LogP contribution in [0, 0.1) is 5.41 Å². The van der Waals surface area contributed by atoms with Crippen molar-refractivity contribution in [2.45, 2.75) is 13.3 Å². The van der Waals surface area contributed by atoms with Crippen molar-refractivity contribution in [2.24, 2.45) is 11.1 Å². The fraction of sp³-hybridized carbons (Fsp3) is 0.500. The van der Waals surface area contributed by atoms with Crippen molar-refractivity contribution in [3.05, 3.63) is 29.8 Å². The molecule has 1 unspecified atom stereocenters. The predicted octanol–water partition coefficient (Wildman–Crippen LogP) is 1.03. The van der Waals surface area contributed by atoms with Crippen molar-refractivity contribution in [2.75, 3.05) is 37.6 Å². The topological polar surface area (TPSA) is 78.7 Å². The standard InChI is InChI=1S/C16H22N4O2/c1-16(10-17)6-8-19(11-16)14(21)12-2-4-13(5-3-12)20-9-7-18-15(20)22/h2-5H,6-11,17H2,1H3,(H,18,22). The lowest BCUT2D eigenvalue weighted by atomic mass is 9.90. The van der Waals surface area contributed by atoms with Crippen LogP contribution in [0.25, 0.3) is 0 Å². The van der Waals surface area contributed by atoms with Crippen LogP contribution >= 0.6 is 0 Å². The van der Waals surface area contributed by atoms with E-state index < -0.39 is 0 Å². The van der Waals surface area contributed by atoms with E-state index in [0.717, 1.165) is 18.7 Å². The largest absolute Gasteiger partial charge is 0.338 e. The first-order chi connectivity index (χ1) is 10.5. The molecule has 0 aromatic heterocycles. The Kier molecular flexibility index (Phi) is 3.78. The summed E-state index contributed by atoms with van der Waals surface area (Å²) in [7, 11) is 0. The zero-order chi connectivity index (χ0) is 15.7. The molecule has 6 nitrogen and oxygen atoms in total. The average molecular weight is 302 g/mol. The van der Waals surface area contributed by atoms with Crippen LogP contribution in [0.5, 0.6) is 0 Å². The Morgan fingerprint density at radius 2 is 2.05 bits per heavy atom. The molecule has 1 aromatic rings. The molecule has 3 amide bonds. The Balaban J connectivity index is 1.70. The molecular formula is C16H22N4O2. The van der Waals surface area contributed by atoms with Crippen LogP contribution < -0.4 is 16.0 Å². The van der Waals surface area contributed by atoms with E-state index in [0.29, 0.717) is 31.7 Å². The zero-order valence-electron chi connectivity index (χ0n) is 12.8. The number of nitrogens with one attached hydrogen (secondary N) is 1. The van der Waals surface area contributed by atoms with Crippen LogP contribution in [0.3, 0.4) is 0 Å². The van der Waals surface area contributed by atoms with Gasteiger partial charge in [0, 0.05) is 37.4 Å². The minimum Gasteiger partial charge on any atom is -0.338 e. The molecule has 1 atom stereocenters. The van der Waals surface area contributed by atoms with Gasteiger partial charge in [0.25, 0.3) is 5.91 Å². The zero-order valence-corrected chi connectivity index (χ0v) is 12.8. The van der Waals surface area contributed by atoms with Gasteiger partial charge in [0.15, 0.2) is 0 Å². The Labute approximate surface area is 130 Å². The molecule has 3 N–H and O–H groups in total. The molecule has 3 rings (SSSR count). The first-order valence-corrected chi connectivity index (χ1v) is 7.67. The van der Waals surface area contributed by atoms with E-state index in [9.17, 15) is 9.59 Å². The van der Waals surface area contributed by atoms with Gasteiger partial charge in [0.1, 0.15) is 0 Å². The molecule has 118 valence electrons. The number of rotatable bonds is 3. The molecule has 0 radical (unpaired) electrons. The molecule has 0 spiro atoms. The van der Waals surface area contributed by atoms with Gasteiger partial charge in [-0.2, -0.15) is 0 Å². The second-order valence-corrected chi connectivity index (χ2v) is 6.42. The van der Waals surface area contributed by atoms with Crippen molar-refractivity contribution >= 4 is 17.6 Å². The summed E-state index contributed by atoms with van der Waals surface area (Å²) >= 11 is 0. The summed E-state index contributed by atoms with van der Waals surface area (Å²) < 4.78 is 0. The summed E-state index contributed by atoms with van der Waals surface area (Å²) in [6, 6.07) is 7.16. The van der Waals surface area contributed by atoms with Crippen LogP contribution in [-0.4, -0.2) is 49.6 Å². The van der Waals surface area contributed by atoms with Gasteiger partial charge >= 0.3 is 6.03 Å². The highest BCUT2D eigenvalue weighted by atomic mass is 16.2. The van der Waals surface area contributed by atoms with Crippen LogP contribution in [0.4, 0.5) is 10.5 Å². The van der Waals surface area contributed by atoms with Crippen molar-refractivity contribution in [1.82, 2.24) is 10.2 Å². The molecule has 2 aliphatic heterocycles. The third kappa shape index (κ3) is 2.66. The lowest BCUT2D eigenvalue weighted by Crippen LogP contribution is -2.34. The van der Waals surface area contributed by atoms with Gasteiger partial charge < -0.3 is 16.0 Å². The van der Waals surface area contributed by atoms with Gasteiger partial charge in [-0.05, 0) is 42.6 Å². The molecule has 2 aliphatic rings. The number of benzene rings is 1. The normalized spacial score (nSPS) is 24.7. The third-order valence-electron chi connectivity index (χ3n) is 4.62. The molecule has 2 saturated heterocycles. The quantitative estimate of drug-likeness (QED) is 0.875. The van der Waals surface area contributed by atoms with Crippen molar-refractivity contribution in [3.63, 3.8) is 0 Å². The maximum atomic E-state index is 12.5. The van der Waals surface area contributed by atoms with E-state index in [-0.39, 0.29) is 17.4 Å². The Morgan fingerprint density at radius 3 is 2.59 bits per heavy atom. The molecule has 22 heavy (non-hydrogen) atoms. The number of nitrogens with zero attached hydrogens (tertiary/aromatic N) is 2. The van der Waals surface area contributed by atoms with Crippen LogP contribution in [0.2, 0.25) is 0 Å². The van der Waals surface area contributed by atoms with E-state index in [1.807, 2.05) is 17.0 Å². The predicted molar refractivity (Wildman–Crippen MR) is 84.9 cm³/mol. The highest BCUT2D eigenvalue weighted by Gasteiger charge is 2.35. The average Bonchev–Trinajstić information content (AvgIpc) is 3.14. The molecule has 2 heterocycles. The molecule has 6 heteroatoms. The first-order valence-electron chi connectivity index (χ1n) is 7.67. The van der Waals surface area contributed by atoms with Crippen LogP contribution in [0.1, 0.15) is 23.7 Å². The number of urea groups is 1. The van der Waals surface area contributed by atoms with Crippen LogP contribution in [0.15, 0.2) is 24.3 Å². The fourth-order valence-corrected chi connectivity index (χ4v) is 3.05. The molecule has 2 fully saturated rings. The highest BCUT2D eigenvalue weighted by molar-refractivity contribution is 5.97. The van der Waals surface area contributed by atoms with E-state index in [1.165, 1.54) is 0 Å². The monoisotopic (exact) mass is 302 g/mol. The van der Waals surface area contributed by atoms with Gasteiger partial charge in [-0.3, -0.25) is 9.69 Å². The minimum absolute atomic E-state index is 0.0310. The van der Waals surface area contributed by atoms with Gasteiger partial charge in [0.2, 0.25) is 0 Å². The Morgan fingerprint density at radius 1 is 1.32 bits per heavy atom. The van der Waals surface area contributed by atoms with Crippen molar-refractivity contribution in [1.29, 1.82) is 0 Å². The Hall–Kier alpha value is -2.08. The maximum absolute atomic E-state index is 12.5. The maximum Gasteiger partial charge on any atom is 0.321 e. The van der Waals surface area contributed by atoms with Gasteiger partial charge in [-0.15, -0.1) is 0 Å². The number of likely N-dealkylation sites (tertiary alicyclic amines) is 1. The van der Waals surface area contributed by atoms with E-state index in [2.05, 4.69) is 12.2 Å². The number of carbonyl (C=O) groups is 2. The summed E-state index contributed by atoms with van der Waals surface area (Å²) in [4.78, 5) is 27.7. The van der Waals surface area contributed by atoms with Gasteiger partial charge in [0.05, 0.1) is 0 Å². The number of amides is 3. The number of hydrogen-bond donors (Lipinski definition) is 2. The second kappa shape index (κ2) is 5.61. The molecule has 1 aromatic carbocycles. The molecular weight excluding hydrogens is 280 g/mol. The van der Waals surface area contributed by atoms with Crippen molar-refractivity contribution in [3.8, 4) is 0 Å². The van der Waals surface area contributed by atoms with E-state index >= 15 is 0 Å². The third-order valence-corrected chi connectivity index (χ3v) is 4.62. The lowest BCUT2D eigenvalue weighted by Gasteiger charge is -2.22. The number of anilines is 1. The van der Waals surface area contributed by atoms with Crippen LogP contribution in [-0.2, 0) is 0 Å². The Bertz CT molecular complexity index is 586. The summed E-state index contributed by atoms with van der Waals surface area (Å²) in [5.41, 5.74) is 7.30. The van der Waals surface area contributed by atoms with E-state index in [4.69, 9.17) is 5.73 Å². The van der Waals surface area contributed by atoms with Crippen molar-refractivity contribution < 1.29 is 9.59 Å². The number of nitrogens with two attached hydrogens (primary N) is 1. The minimum atomic E-state index is -0.0858. The number of hydrogen-bond acceptors (Lipinski definition) is 3. The summed E-state index contributed by atoms with van der Waals surface area (Å²) in [6.45, 7) is 5.49. The van der Waals surface area contributed by atoms with Gasteiger partial charge in [-0.25, -0.2) is 4.79 Å². The molecule has 0 aliphatic carbocycles. The summed E-state index contributed by atoms with van der Waals surface area (Å²) in [5, 5.41) is 2.77. The first kappa shape index (κ1) is 14.8. The number of carbonyl (C=O) groups excluding carboxylic acids is 2. The smallest absolute Gasteiger partial charge is 0.321 e. The fourth-order valence-electron chi connectivity index (χ4n) is 3.05. The van der Waals surface area contributed by atoms with E-state index in [1.54, 1.807) is 17.0 Å².